The van der Waals surface area contributed by atoms with Crippen molar-refractivity contribution in [1.82, 2.24) is 9.55 Å². The van der Waals surface area contributed by atoms with E-state index in [1.807, 2.05) is 0 Å². The number of methoxy groups -OCH3 is 1. The monoisotopic (exact) mass is 278 g/mol. The lowest BCUT2D eigenvalue weighted by Gasteiger charge is -2.09. The van der Waals surface area contributed by atoms with E-state index in [1.54, 1.807) is 19.2 Å². The van der Waals surface area contributed by atoms with Gasteiger partial charge in [-0.2, -0.15) is 0 Å². The molecule has 106 valence electrons. The Morgan fingerprint density at radius 2 is 2.30 bits per heavy atom. The van der Waals surface area contributed by atoms with E-state index in [4.69, 9.17) is 4.74 Å². The van der Waals surface area contributed by atoms with Crippen LogP contribution in [0.5, 0.6) is 11.5 Å². The van der Waals surface area contributed by atoms with Crippen molar-refractivity contribution < 1.29 is 14.8 Å². The van der Waals surface area contributed by atoms with Crippen LogP contribution in [-0.4, -0.2) is 26.7 Å². The Labute approximate surface area is 114 Å². The van der Waals surface area contributed by atoms with Crippen molar-refractivity contribution >= 4 is 11.6 Å². The minimum Gasteiger partial charge on any atom is -0.504 e. The van der Waals surface area contributed by atoms with Crippen LogP contribution in [0.1, 0.15) is 5.56 Å². The summed E-state index contributed by atoms with van der Waals surface area (Å²) in [5.41, 5.74) is 0.815. The lowest BCUT2D eigenvalue weighted by molar-refractivity contribution is -0.388. The number of ether oxygens (including phenoxy) is 1. The van der Waals surface area contributed by atoms with Gasteiger partial charge < -0.3 is 25.3 Å². The highest BCUT2D eigenvalue weighted by Crippen LogP contribution is 2.27. The Morgan fingerprint density at radius 1 is 1.55 bits per heavy atom. The molecule has 0 radical (unpaired) electrons. The molecule has 1 heterocycles. The minimum atomic E-state index is -0.542. The Kier molecular flexibility index (Phi) is 3.74. The molecule has 2 rings (SSSR count). The van der Waals surface area contributed by atoms with Crippen LogP contribution in [0.15, 0.2) is 24.5 Å². The highest BCUT2D eigenvalue weighted by molar-refractivity contribution is 5.52. The highest BCUT2D eigenvalue weighted by atomic mass is 16.6. The Hall–Kier alpha value is -2.77. The number of aromatic hydroxyl groups is 1. The maximum Gasteiger partial charge on any atom is 0.406 e. The number of hydrogen-bond acceptors (Lipinski definition) is 6. The number of rotatable bonds is 5. The summed E-state index contributed by atoms with van der Waals surface area (Å²) in [7, 11) is 3.12. The van der Waals surface area contributed by atoms with Gasteiger partial charge in [0, 0.05) is 13.6 Å². The molecule has 0 spiro atoms. The van der Waals surface area contributed by atoms with Crippen molar-refractivity contribution in [2.45, 2.75) is 6.54 Å². The van der Waals surface area contributed by atoms with Gasteiger partial charge in [-0.25, -0.2) is 0 Å². The molecule has 0 saturated heterocycles. The van der Waals surface area contributed by atoms with Crippen LogP contribution < -0.4 is 10.1 Å². The Morgan fingerprint density at radius 3 is 2.95 bits per heavy atom. The molecular weight excluding hydrogens is 264 g/mol. The predicted molar refractivity (Wildman–Crippen MR) is 71.8 cm³/mol. The highest BCUT2D eigenvalue weighted by Gasteiger charge is 2.19. The maximum absolute atomic E-state index is 10.8. The zero-order chi connectivity index (χ0) is 14.7. The van der Waals surface area contributed by atoms with Crippen molar-refractivity contribution in [3.05, 3.63) is 40.2 Å². The lowest BCUT2D eigenvalue weighted by Crippen LogP contribution is -2.05. The fourth-order valence-corrected chi connectivity index (χ4v) is 1.77. The van der Waals surface area contributed by atoms with Crippen LogP contribution in [0.4, 0.5) is 11.6 Å². The fourth-order valence-electron chi connectivity index (χ4n) is 1.77. The number of aromatic nitrogens is 2. The molecule has 8 nitrogen and oxygen atoms in total. The van der Waals surface area contributed by atoms with Crippen molar-refractivity contribution in [3.63, 3.8) is 0 Å². The second-order valence-electron chi connectivity index (χ2n) is 4.14. The lowest BCUT2D eigenvalue weighted by atomic mass is 10.2. The van der Waals surface area contributed by atoms with Gasteiger partial charge in [-0.3, -0.25) is 4.57 Å². The number of benzene rings is 1. The molecule has 2 N–H and O–H groups in total. The third kappa shape index (κ3) is 2.63. The zero-order valence-electron chi connectivity index (χ0n) is 11.0. The van der Waals surface area contributed by atoms with Crippen molar-refractivity contribution in [1.29, 1.82) is 0 Å². The second kappa shape index (κ2) is 5.47. The first-order valence-corrected chi connectivity index (χ1v) is 5.78. The summed E-state index contributed by atoms with van der Waals surface area (Å²) in [5, 5.41) is 23.3. The van der Waals surface area contributed by atoms with Gasteiger partial charge in [-0.15, -0.1) is 0 Å². The van der Waals surface area contributed by atoms with Gasteiger partial charge in [0.2, 0.25) is 12.1 Å². The smallest absolute Gasteiger partial charge is 0.406 e. The van der Waals surface area contributed by atoms with E-state index in [1.165, 1.54) is 24.1 Å². The number of aryl methyl sites for hydroxylation is 1. The van der Waals surface area contributed by atoms with Gasteiger partial charge >= 0.3 is 5.82 Å². The molecule has 0 unspecified atom stereocenters. The number of phenols is 1. The molecule has 0 aliphatic heterocycles. The first-order chi connectivity index (χ1) is 9.52. The average Bonchev–Trinajstić information content (AvgIpc) is 2.79. The van der Waals surface area contributed by atoms with Crippen molar-refractivity contribution in [2.75, 3.05) is 12.4 Å². The van der Waals surface area contributed by atoms with Gasteiger partial charge in [0.1, 0.15) is 0 Å². The Balaban J connectivity index is 2.17. The summed E-state index contributed by atoms with van der Waals surface area (Å²) in [6.45, 7) is 0.344. The second-order valence-corrected chi connectivity index (χ2v) is 4.14. The standard InChI is InChI=1S/C12H14N4O4/c1-15-7-14-12(16(18)19)11(15)13-6-8-3-4-9(17)10(5-8)20-2/h3-5,7,13,17H,6H2,1-2H3. The van der Waals surface area contributed by atoms with E-state index < -0.39 is 4.92 Å². The number of nitrogens with one attached hydrogen (secondary N) is 1. The molecule has 1 aromatic heterocycles. The van der Waals surface area contributed by atoms with E-state index in [0.29, 0.717) is 18.1 Å². The summed E-state index contributed by atoms with van der Waals surface area (Å²) in [6, 6.07) is 4.87. The summed E-state index contributed by atoms with van der Waals surface area (Å²) in [6.07, 6.45) is 1.37. The third-order valence-electron chi connectivity index (χ3n) is 2.79. The summed E-state index contributed by atoms with van der Waals surface area (Å²) in [4.78, 5) is 14.0. The third-order valence-corrected chi connectivity index (χ3v) is 2.79. The molecule has 8 heteroatoms. The molecule has 20 heavy (non-hydrogen) atoms. The predicted octanol–water partition coefficient (Wildman–Crippen LogP) is 1.65. The van der Waals surface area contributed by atoms with Crippen molar-refractivity contribution in [3.8, 4) is 11.5 Å². The molecule has 0 atom stereocenters. The zero-order valence-corrected chi connectivity index (χ0v) is 11.0. The molecule has 0 bridgehead atoms. The minimum absolute atomic E-state index is 0.0442. The summed E-state index contributed by atoms with van der Waals surface area (Å²) >= 11 is 0. The first-order valence-electron chi connectivity index (χ1n) is 5.78. The summed E-state index contributed by atoms with van der Waals surface area (Å²) in [5.74, 6) is 0.492. The fraction of sp³-hybridized carbons (Fsp3) is 0.250. The molecule has 0 aliphatic rings. The van der Waals surface area contributed by atoms with Gasteiger partial charge in [0.25, 0.3) is 0 Å². The molecular formula is C12H14N4O4. The Bertz CT molecular complexity index is 638. The number of nitrogens with zero attached hydrogens (tertiary/aromatic N) is 3. The van der Waals surface area contributed by atoms with Crippen LogP contribution in [0.25, 0.3) is 0 Å². The van der Waals surface area contributed by atoms with E-state index in [9.17, 15) is 15.2 Å². The molecule has 0 amide bonds. The largest absolute Gasteiger partial charge is 0.504 e. The van der Waals surface area contributed by atoms with Gasteiger partial charge in [-0.1, -0.05) is 6.07 Å². The van der Waals surface area contributed by atoms with E-state index in [-0.39, 0.29) is 11.6 Å². The number of imidazole rings is 1. The molecule has 1 aromatic carbocycles. The quantitative estimate of drug-likeness (QED) is 0.637. The van der Waals surface area contributed by atoms with Crippen molar-refractivity contribution in [2.24, 2.45) is 7.05 Å². The van der Waals surface area contributed by atoms with Crippen LogP contribution in [0, 0.1) is 10.1 Å². The maximum atomic E-state index is 10.8. The number of phenolic OH excluding ortho intramolecular Hbond substituents is 1. The van der Waals surface area contributed by atoms with Gasteiger partial charge in [0.05, 0.1) is 7.11 Å². The van der Waals surface area contributed by atoms with E-state index in [0.717, 1.165) is 5.56 Å². The SMILES string of the molecule is COc1cc(CNc2c([N+](=O)[O-])ncn2C)ccc1O. The topological polar surface area (TPSA) is 102 Å². The molecule has 0 saturated carbocycles. The average molecular weight is 278 g/mol. The molecule has 0 fully saturated rings. The van der Waals surface area contributed by atoms with E-state index >= 15 is 0 Å². The van der Waals surface area contributed by atoms with Gasteiger partial charge in [0.15, 0.2) is 11.5 Å². The van der Waals surface area contributed by atoms with Crippen LogP contribution in [-0.2, 0) is 13.6 Å². The van der Waals surface area contributed by atoms with E-state index in [2.05, 4.69) is 10.3 Å². The number of nitro groups is 1. The molecule has 2 aromatic rings. The normalized spacial score (nSPS) is 10.3. The number of hydrogen-bond donors (Lipinski definition) is 2. The van der Waals surface area contributed by atoms with Crippen LogP contribution >= 0.6 is 0 Å². The first kappa shape index (κ1) is 13.7. The van der Waals surface area contributed by atoms with Crippen LogP contribution in [0.2, 0.25) is 0 Å². The number of anilines is 1. The summed E-state index contributed by atoms with van der Waals surface area (Å²) < 4.78 is 6.54. The van der Waals surface area contributed by atoms with Gasteiger partial charge in [-0.05, 0) is 27.6 Å². The van der Waals surface area contributed by atoms with Crippen LogP contribution in [0.3, 0.4) is 0 Å². The molecule has 0 aliphatic carbocycles.